The normalized spacial score (nSPS) is 14.3. The van der Waals surface area contributed by atoms with Crippen LogP contribution in [0.15, 0.2) is 35.1 Å². The lowest BCUT2D eigenvalue weighted by atomic mass is 10.2. The van der Waals surface area contributed by atoms with E-state index in [4.69, 9.17) is 11.2 Å². The average Bonchev–Trinajstić information content (AvgIpc) is 3.35. The monoisotopic (exact) mass is 372 g/mol. The zero-order valence-corrected chi connectivity index (χ0v) is 15.0. The van der Waals surface area contributed by atoms with E-state index in [0.717, 1.165) is 34.4 Å². The Labute approximate surface area is 155 Å². The number of carbonyl (C=O) groups is 1. The fourth-order valence-corrected chi connectivity index (χ4v) is 2.65. The molecule has 0 N–H and O–H groups in total. The van der Waals surface area contributed by atoms with E-state index in [2.05, 4.69) is 5.92 Å². The van der Waals surface area contributed by atoms with Gasteiger partial charge < -0.3 is 9.64 Å². The lowest BCUT2D eigenvalue weighted by Crippen LogP contribution is -2.34. The predicted octanol–water partition coefficient (Wildman–Crippen LogP) is 2.97. The first-order valence-electron chi connectivity index (χ1n) is 8.35. The molecule has 1 amide bonds. The zero-order valence-electron chi connectivity index (χ0n) is 15.0. The minimum atomic E-state index is -1.10. The smallest absolute Gasteiger partial charge is 0.274 e. The number of rotatable bonds is 5. The summed E-state index contributed by atoms with van der Waals surface area (Å²) in [6.07, 6.45) is 6.84. The number of benzene rings is 1. The molecule has 2 aromatic rings. The third kappa shape index (κ3) is 3.70. The van der Waals surface area contributed by atoms with Gasteiger partial charge in [0.25, 0.3) is 11.5 Å². The number of hydrogen-bond donors (Lipinski definition) is 0. The molecule has 1 aromatic heterocycles. The molecule has 5 nitrogen and oxygen atoms in total. The Morgan fingerprint density at radius 1 is 1.33 bits per heavy atom. The Bertz CT molecular complexity index is 1000. The molecule has 1 aliphatic carbocycles. The number of anilines is 1. The van der Waals surface area contributed by atoms with Crippen molar-refractivity contribution in [2.24, 2.45) is 0 Å². The van der Waals surface area contributed by atoms with Crippen LogP contribution < -0.4 is 15.2 Å². The van der Waals surface area contributed by atoms with Crippen LogP contribution >= 0.6 is 0 Å². The van der Waals surface area contributed by atoms with Gasteiger partial charge in [-0.1, -0.05) is 12.0 Å². The minimum Gasteiger partial charge on any atom is -0.485 e. The second-order valence-corrected chi connectivity index (χ2v) is 6.69. The summed E-state index contributed by atoms with van der Waals surface area (Å²) in [6, 6.07) is 6.00. The van der Waals surface area contributed by atoms with E-state index in [9.17, 15) is 18.4 Å². The SMILES string of the molecule is C#CCn1c(C(=O)N(C)c2cc(F)c(F)cc2OC2(C)CC2)cccc1=O. The predicted molar refractivity (Wildman–Crippen MR) is 96.9 cm³/mol. The maximum absolute atomic E-state index is 13.8. The molecule has 27 heavy (non-hydrogen) atoms. The molecular weight excluding hydrogens is 354 g/mol. The first-order valence-corrected chi connectivity index (χ1v) is 8.35. The lowest BCUT2D eigenvalue weighted by molar-refractivity contribution is 0.0981. The van der Waals surface area contributed by atoms with Gasteiger partial charge in [0.1, 0.15) is 17.0 Å². The molecule has 1 heterocycles. The fraction of sp³-hybridized carbons (Fsp3) is 0.300. The molecule has 7 heteroatoms. The number of carbonyl (C=O) groups excluding carboxylic acids is 1. The van der Waals surface area contributed by atoms with E-state index in [-0.39, 0.29) is 23.7 Å². The molecule has 1 saturated carbocycles. The van der Waals surface area contributed by atoms with Crippen molar-refractivity contribution in [1.82, 2.24) is 4.57 Å². The third-order valence-electron chi connectivity index (χ3n) is 4.50. The van der Waals surface area contributed by atoms with Crippen LogP contribution in [0.25, 0.3) is 0 Å². The fourth-order valence-electron chi connectivity index (χ4n) is 2.65. The van der Waals surface area contributed by atoms with Gasteiger partial charge >= 0.3 is 0 Å². The Balaban J connectivity index is 2.03. The van der Waals surface area contributed by atoms with E-state index in [1.165, 1.54) is 25.2 Å². The molecule has 0 radical (unpaired) electrons. The van der Waals surface area contributed by atoms with Gasteiger partial charge in [0.2, 0.25) is 0 Å². The summed E-state index contributed by atoms with van der Waals surface area (Å²) < 4.78 is 34.5. The van der Waals surface area contributed by atoms with Crippen LogP contribution in [0.3, 0.4) is 0 Å². The van der Waals surface area contributed by atoms with Crippen molar-refractivity contribution in [2.75, 3.05) is 11.9 Å². The van der Waals surface area contributed by atoms with E-state index >= 15 is 0 Å². The van der Waals surface area contributed by atoms with E-state index in [1.54, 1.807) is 0 Å². The van der Waals surface area contributed by atoms with Gasteiger partial charge in [0.15, 0.2) is 11.6 Å². The zero-order chi connectivity index (χ0) is 19.8. The number of hydrogen-bond acceptors (Lipinski definition) is 3. The van der Waals surface area contributed by atoms with Gasteiger partial charge in [-0.3, -0.25) is 14.2 Å². The number of terminal acetylenes is 1. The Kier molecular flexibility index (Phi) is 4.75. The van der Waals surface area contributed by atoms with Crippen LogP contribution in [0.1, 0.15) is 30.3 Å². The molecule has 1 aliphatic rings. The lowest BCUT2D eigenvalue weighted by Gasteiger charge is -2.24. The van der Waals surface area contributed by atoms with Crippen molar-refractivity contribution < 1.29 is 18.3 Å². The van der Waals surface area contributed by atoms with Crippen molar-refractivity contribution in [3.05, 3.63) is 58.0 Å². The molecule has 1 fully saturated rings. The van der Waals surface area contributed by atoms with Crippen LogP contribution in [0.5, 0.6) is 5.75 Å². The van der Waals surface area contributed by atoms with Gasteiger partial charge in [-0.25, -0.2) is 8.78 Å². The highest BCUT2D eigenvalue weighted by Gasteiger charge is 2.41. The molecule has 3 rings (SSSR count). The summed E-state index contributed by atoms with van der Waals surface area (Å²) in [7, 11) is 1.40. The molecule has 140 valence electrons. The quantitative estimate of drug-likeness (QED) is 0.759. The van der Waals surface area contributed by atoms with Crippen LogP contribution in [0.4, 0.5) is 14.5 Å². The number of pyridine rings is 1. The van der Waals surface area contributed by atoms with Crippen LogP contribution in [-0.2, 0) is 6.54 Å². The van der Waals surface area contributed by atoms with Gasteiger partial charge in [0.05, 0.1) is 12.2 Å². The molecule has 1 aromatic carbocycles. The summed E-state index contributed by atoms with van der Waals surface area (Å²) >= 11 is 0. The van der Waals surface area contributed by atoms with Crippen molar-refractivity contribution in [1.29, 1.82) is 0 Å². The third-order valence-corrected chi connectivity index (χ3v) is 4.50. The standard InChI is InChI=1S/C20H18F2N2O3/c1-4-10-24-15(6-5-7-18(24)25)19(26)23(3)16-11-13(21)14(22)12-17(16)27-20(2)8-9-20/h1,5-7,11-12H,8-10H2,2-3H3. The number of nitrogens with zero attached hydrogens (tertiary/aromatic N) is 2. The summed E-state index contributed by atoms with van der Waals surface area (Å²) in [4.78, 5) is 26.1. The Hall–Kier alpha value is -3.14. The highest BCUT2D eigenvalue weighted by Crippen LogP contribution is 2.43. The van der Waals surface area contributed by atoms with Crippen molar-refractivity contribution in [3.8, 4) is 18.1 Å². The summed E-state index contributed by atoms with van der Waals surface area (Å²) in [6.45, 7) is 1.76. The number of amides is 1. The number of halogens is 2. The summed E-state index contributed by atoms with van der Waals surface area (Å²) in [5.74, 6) is -0.383. The average molecular weight is 372 g/mol. The van der Waals surface area contributed by atoms with Gasteiger partial charge in [0, 0.05) is 25.2 Å². The topological polar surface area (TPSA) is 51.5 Å². The number of ether oxygens (including phenoxy) is 1. The molecule has 0 bridgehead atoms. The largest absolute Gasteiger partial charge is 0.485 e. The van der Waals surface area contributed by atoms with Crippen LogP contribution in [-0.4, -0.2) is 23.1 Å². The van der Waals surface area contributed by atoms with Gasteiger partial charge in [-0.2, -0.15) is 0 Å². The van der Waals surface area contributed by atoms with Crippen molar-refractivity contribution >= 4 is 11.6 Å². The maximum atomic E-state index is 13.8. The first kappa shape index (κ1) is 18.6. The van der Waals surface area contributed by atoms with Gasteiger partial charge in [-0.05, 0) is 25.8 Å². The van der Waals surface area contributed by atoms with Gasteiger partial charge in [-0.15, -0.1) is 6.42 Å². The van der Waals surface area contributed by atoms with E-state index in [0.29, 0.717) is 0 Å². The first-order chi connectivity index (χ1) is 12.8. The summed E-state index contributed by atoms with van der Waals surface area (Å²) in [5.41, 5.74) is -0.785. The van der Waals surface area contributed by atoms with E-state index in [1.807, 2.05) is 6.92 Å². The molecule has 0 spiro atoms. The molecule has 0 unspecified atom stereocenters. The van der Waals surface area contributed by atoms with Crippen LogP contribution in [0, 0.1) is 24.0 Å². The molecular formula is C20H18F2N2O3. The van der Waals surface area contributed by atoms with Crippen molar-refractivity contribution in [3.63, 3.8) is 0 Å². The minimum absolute atomic E-state index is 0.0382. The second kappa shape index (κ2) is 6.88. The highest BCUT2D eigenvalue weighted by molar-refractivity contribution is 6.05. The van der Waals surface area contributed by atoms with E-state index < -0.39 is 28.7 Å². The second-order valence-electron chi connectivity index (χ2n) is 6.69. The Morgan fingerprint density at radius 2 is 2.00 bits per heavy atom. The highest BCUT2D eigenvalue weighted by atomic mass is 19.2. The molecule has 0 saturated heterocycles. The van der Waals surface area contributed by atoms with Crippen molar-refractivity contribution in [2.45, 2.75) is 31.9 Å². The van der Waals surface area contributed by atoms with Crippen LogP contribution in [0.2, 0.25) is 0 Å². The maximum Gasteiger partial charge on any atom is 0.274 e. The number of aromatic nitrogens is 1. The molecule has 0 atom stereocenters. The summed E-state index contributed by atoms with van der Waals surface area (Å²) in [5, 5.41) is 0. The Morgan fingerprint density at radius 3 is 2.63 bits per heavy atom. The molecule has 0 aliphatic heterocycles.